The summed E-state index contributed by atoms with van der Waals surface area (Å²) >= 11 is 0. The molecule has 122 valence electrons. The van der Waals surface area contributed by atoms with Crippen molar-refractivity contribution in [2.75, 3.05) is 13.2 Å². The second-order valence-electron chi connectivity index (χ2n) is 5.20. The first-order valence-corrected chi connectivity index (χ1v) is 7.41. The van der Waals surface area contributed by atoms with Crippen LogP contribution in [-0.4, -0.2) is 24.0 Å². The van der Waals surface area contributed by atoms with Crippen molar-refractivity contribution < 1.29 is 18.3 Å². The summed E-state index contributed by atoms with van der Waals surface area (Å²) in [6, 6.07) is 10.8. The Balaban J connectivity index is 1.99. The van der Waals surface area contributed by atoms with Gasteiger partial charge in [0.15, 0.2) is 18.2 Å². The number of likely N-dealkylation sites (N-methyl/N-ethyl adjacent to an activating group) is 1. The molecule has 0 atom stereocenters. The molecule has 0 fully saturated rings. The first kappa shape index (κ1) is 16.9. The number of ether oxygens (including phenoxy) is 1. The first-order valence-electron chi connectivity index (χ1n) is 7.41. The highest BCUT2D eigenvalue weighted by Crippen LogP contribution is 2.18. The molecular weight excluding hydrogens is 300 g/mol. The zero-order valence-corrected chi connectivity index (χ0v) is 13.2. The second-order valence-corrected chi connectivity index (χ2v) is 5.20. The SMILES string of the molecule is CCN(Cc1ccccc1C)C(=O)COc1ccc(F)cc1F. The highest BCUT2D eigenvalue weighted by Gasteiger charge is 2.15. The van der Waals surface area contributed by atoms with Gasteiger partial charge in [-0.2, -0.15) is 0 Å². The lowest BCUT2D eigenvalue weighted by Crippen LogP contribution is -2.34. The van der Waals surface area contributed by atoms with Crippen LogP contribution in [0.1, 0.15) is 18.1 Å². The molecule has 5 heteroatoms. The quantitative estimate of drug-likeness (QED) is 0.812. The van der Waals surface area contributed by atoms with Crippen molar-refractivity contribution in [3.05, 3.63) is 65.2 Å². The van der Waals surface area contributed by atoms with Crippen molar-refractivity contribution in [1.82, 2.24) is 4.90 Å². The minimum Gasteiger partial charge on any atom is -0.481 e. The van der Waals surface area contributed by atoms with Crippen LogP contribution in [0.25, 0.3) is 0 Å². The van der Waals surface area contributed by atoms with E-state index < -0.39 is 11.6 Å². The van der Waals surface area contributed by atoms with E-state index in [0.717, 1.165) is 23.3 Å². The monoisotopic (exact) mass is 319 g/mol. The van der Waals surface area contributed by atoms with Crippen molar-refractivity contribution in [3.63, 3.8) is 0 Å². The Morgan fingerprint density at radius 3 is 2.57 bits per heavy atom. The number of benzene rings is 2. The molecule has 0 saturated carbocycles. The van der Waals surface area contributed by atoms with Crippen LogP contribution in [0, 0.1) is 18.6 Å². The van der Waals surface area contributed by atoms with Crippen LogP contribution >= 0.6 is 0 Å². The highest BCUT2D eigenvalue weighted by atomic mass is 19.1. The predicted molar refractivity (Wildman–Crippen MR) is 84.1 cm³/mol. The van der Waals surface area contributed by atoms with Gasteiger partial charge in [0.2, 0.25) is 0 Å². The Bertz CT molecular complexity index is 688. The minimum absolute atomic E-state index is 0.133. The Hall–Kier alpha value is -2.43. The van der Waals surface area contributed by atoms with E-state index in [-0.39, 0.29) is 18.3 Å². The van der Waals surface area contributed by atoms with Gasteiger partial charge in [0.05, 0.1) is 0 Å². The van der Waals surface area contributed by atoms with Crippen molar-refractivity contribution >= 4 is 5.91 Å². The number of hydrogen-bond donors (Lipinski definition) is 0. The summed E-state index contributed by atoms with van der Waals surface area (Å²) in [6.45, 7) is 4.55. The van der Waals surface area contributed by atoms with E-state index in [1.165, 1.54) is 6.07 Å². The van der Waals surface area contributed by atoms with Crippen LogP contribution in [0.3, 0.4) is 0 Å². The minimum atomic E-state index is -0.820. The zero-order valence-electron chi connectivity index (χ0n) is 13.2. The third kappa shape index (κ3) is 4.52. The van der Waals surface area contributed by atoms with Crippen LogP contribution in [0.2, 0.25) is 0 Å². The molecule has 2 aromatic carbocycles. The fraction of sp³-hybridized carbons (Fsp3) is 0.278. The van der Waals surface area contributed by atoms with Gasteiger partial charge in [-0.3, -0.25) is 4.79 Å². The Morgan fingerprint density at radius 1 is 1.17 bits per heavy atom. The topological polar surface area (TPSA) is 29.5 Å². The Kier molecular flexibility index (Phi) is 5.68. The number of amides is 1. The van der Waals surface area contributed by atoms with E-state index in [4.69, 9.17) is 4.74 Å². The molecule has 0 spiro atoms. The average molecular weight is 319 g/mol. The lowest BCUT2D eigenvalue weighted by molar-refractivity contribution is -0.133. The molecule has 3 nitrogen and oxygen atoms in total. The fourth-order valence-corrected chi connectivity index (χ4v) is 2.19. The van der Waals surface area contributed by atoms with Crippen molar-refractivity contribution in [3.8, 4) is 5.75 Å². The maximum absolute atomic E-state index is 13.5. The molecular formula is C18H19F2NO2. The summed E-state index contributed by atoms with van der Waals surface area (Å²) in [6.07, 6.45) is 0. The second kappa shape index (κ2) is 7.72. The normalized spacial score (nSPS) is 10.4. The smallest absolute Gasteiger partial charge is 0.260 e. The van der Waals surface area contributed by atoms with Crippen LogP contribution in [-0.2, 0) is 11.3 Å². The van der Waals surface area contributed by atoms with Crippen molar-refractivity contribution in [1.29, 1.82) is 0 Å². The van der Waals surface area contributed by atoms with Gasteiger partial charge in [-0.1, -0.05) is 24.3 Å². The Labute approximate surface area is 134 Å². The molecule has 0 aliphatic rings. The maximum atomic E-state index is 13.5. The van der Waals surface area contributed by atoms with E-state index in [2.05, 4.69) is 0 Å². The molecule has 0 aliphatic carbocycles. The molecule has 0 saturated heterocycles. The number of carbonyl (C=O) groups excluding carboxylic acids is 1. The van der Waals surface area contributed by atoms with Gasteiger partial charge >= 0.3 is 0 Å². The summed E-state index contributed by atoms with van der Waals surface area (Å²) in [5.41, 5.74) is 2.15. The van der Waals surface area contributed by atoms with Crippen molar-refractivity contribution in [2.24, 2.45) is 0 Å². The summed E-state index contributed by atoms with van der Waals surface area (Å²) in [4.78, 5) is 13.9. The molecule has 1 amide bonds. The lowest BCUT2D eigenvalue weighted by atomic mass is 10.1. The number of carbonyl (C=O) groups is 1. The van der Waals surface area contributed by atoms with Gasteiger partial charge in [-0.15, -0.1) is 0 Å². The van der Waals surface area contributed by atoms with E-state index in [9.17, 15) is 13.6 Å². The van der Waals surface area contributed by atoms with Gasteiger partial charge in [0.25, 0.3) is 5.91 Å². The molecule has 0 aliphatic heterocycles. The highest BCUT2D eigenvalue weighted by molar-refractivity contribution is 5.77. The van der Waals surface area contributed by atoms with E-state index in [1.807, 2.05) is 38.1 Å². The molecule has 23 heavy (non-hydrogen) atoms. The third-order valence-corrected chi connectivity index (χ3v) is 3.60. The molecule has 2 rings (SSSR count). The Morgan fingerprint density at radius 2 is 1.91 bits per heavy atom. The molecule has 0 heterocycles. The largest absolute Gasteiger partial charge is 0.481 e. The molecule has 0 radical (unpaired) electrons. The van der Waals surface area contributed by atoms with Crippen LogP contribution < -0.4 is 4.74 Å². The van der Waals surface area contributed by atoms with Gasteiger partial charge in [-0.25, -0.2) is 8.78 Å². The van der Waals surface area contributed by atoms with E-state index in [0.29, 0.717) is 13.1 Å². The van der Waals surface area contributed by atoms with Gasteiger partial charge < -0.3 is 9.64 Å². The predicted octanol–water partition coefficient (Wildman–Crippen LogP) is 3.70. The van der Waals surface area contributed by atoms with Crippen molar-refractivity contribution in [2.45, 2.75) is 20.4 Å². The third-order valence-electron chi connectivity index (χ3n) is 3.60. The number of nitrogens with zero attached hydrogens (tertiary/aromatic N) is 1. The molecule has 2 aromatic rings. The fourth-order valence-electron chi connectivity index (χ4n) is 2.19. The zero-order chi connectivity index (χ0) is 16.8. The van der Waals surface area contributed by atoms with Crippen LogP contribution in [0.15, 0.2) is 42.5 Å². The summed E-state index contributed by atoms with van der Waals surface area (Å²) in [7, 11) is 0. The van der Waals surface area contributed by atoms with Crippen LogP contribution in [0.5, 0.6) is 5.75 Å². The number of hydrogen-bond acceptors (Lipinski definition) is 2. The molecule has 0 N–H and O–H groups in total. The lowest BCUT2D eigenvalue weighted by Gasteiger charge is -2.22. The van der Waals surface area contributed by atoms with E-state index in [1.54, 1.807) is 4.90 Å². The molecule has 0 unspecified atom stereocenters. The standard InChI is InChI=1S/C18H19F2NO2/c1-3-21(11-14-7-5-4-6-13(14)2)18(22)12-23-17-9-8-15(19)10-16(17)20/h4-10H,3,11-12H2,1-2H3. The van der Waals surface area contributed by atoms with Gasteiger partial charge in [0, 0.05) is 19.2 Å². The summed E-state index contributed by atoms with van der Waals surface area (Å²) < 4.78 is 31.5. The average Bonchev–Trinajstić information content (AvgIpc) is 2.53. The van der Waals surface area contributed by atoms with Gasteiger partial charge in [0.1, 0.15) is 5.82 Å². The summed E-state index contributed by atoms with van der Waals surface area (Å²) in [5, 5.41) is 0. The van der Waals surface area contributed by atoms with Crippen LogP contribution in [0.4, 0.5) is 8.78 Å². The maximum Gasteiger partial charge on any atom is 0.260 e. The molecule has 0 aromatic heterocycles. The van der Waals surface area contributed by atoms with Gasteiger partial charge in [-0.05, 0) is 37.1 Å². The first-order chi connectivity index (χ1) is 11.0. The summed E-state index contributed by atoms with van der Waals surface area (Å²) in [5.74, 6) is -1.89. The number of aryl methyl sites for hydroxylation is 1. The number of rotatable bonds is 6. The molecule has 0 bridgehead atoms. The number of halogens is 2. The van der Waals surface area contributed by atoms with E-state index >= 15 is 0 Å².